The van der Waals surface area contributed by atoms with E-state index in [0.29, 0.717) is 30.2 Å². The highest BCUT2D eigenvalue weighted by molar-refractivity contribution is 7.99. The molecule has 1 saturated heterocycles. The molecule has 4 rings (SSSR count). The second kappa shape index (κ2) is 11.1. The number of aromatic nitrogens is 1. The van der Waals surface area contributed by atoms with Gasteiger partial charge in [0, 0.05) is 24.2 Å². The molecular weight excluding hydrogens is 492 g/mol. The number of thioether (sulfide) groups is 1. The lowest BCUT2D eigenvalue weighted by Crippen LogP contribution is -2.37. The van der Waals surface area contributed by atoms with Crippen molar-refractivity contribution in [1.29, 1.82) is 0 Å². The zero-order valence-corrected chi connectivity index (χ0v) is 21.7. The zero-order valence-electron chi connectivity index (χ0n) is 19.2. The van der Waals surface area contributed by atoms with Gasteiger partial charge in [0.05, 0.1) is 34.9 Å². The summed E-state index contributed by atoms with van der Waals surface area (Å²) in [5.41, 5.74) is 0.688. The fourth-order valence-corrected chi connectivity index (χ4v) is 6.34. The van der Waals surface area contributed by atoms with Crippen LogP contribution in [0.4, 0.5) is 5.13 Å². The number of carbonyl (C=O) groups is 1. The summed E-state index contributed by atoms with van der Waals surface area (Å²) in [7, 11) is -1.67. The van der Waals surface area contributed by atoms with E-state index in [4.69, 9.17) is 9.47 Å². The first-order valence-electron chi connectivity index (χ1n) is 11.1. The Hall–Kier alpha value is -2.14. The number of carbonyl (C=O) groups excluding carboxylic acids is 1. The fraction of sp³-hybridized carbons (Fsp3) is 0.417. The van der Waals surface area contributed by atoms with Crippen LogP contribution in [0.1, 0.15) is 25.7 Å². The van der Waals surface area contributed by atoms with Crippen LogP contribution in [0.5, 0.6) is 5.75 Å². The van der Waals surface area contributed by atoms with Gasteiger partial charge in [0.25, 0.3) is 0 Å². The maximum absolute atomic E-state index is 13.2. The van der Waals surface area contributed by atoms with Crippen molar-refractivity contribution in [1.82, 2.24) is 4.98 Å². The topological polar surface area (TPSA) is 85.8 Å². The highest BCUT2D eigenvalue weighted by Gasteiger charge is 2.26. The minimum atomic E-state index is -3.31. The standard InChI is InChI=1S/C24H28N2O5S3/c1-30-17-7-9-19(10-8-17)32-14-4-6-23(27)26(16-18-5-3-13-31-18)24-25-21-12-11-20(34(2,28)29)15-22(21)33-24/h7-12,15,18H,3-6,13-14,16H2,1-2H3. The van der Waals surface area contributed by atoms with Crippen LogP contribution in [-0.4, -0.2) is 57.7 Å². The molecule has 0 aliphatic carbocycles. The molecule has 0 radical (unpaired) electrons. The average Bonchev–Trinajstić information content (AvgIpc) is 3.49. The summed E-state index contributed by atoms with van der Waals surface area (Å²) in [5, 5.41) is 0.587. The van der Waals surface area contributed by atoms with Crippen molar-refractivity contribution in [3.8, 4) is 5.75 Å². The Labute approximate surface area is 208 Å². The molecule has 182 valence electrons. The van der Waals surface area contributed by atoms with E-state index in [1.807, 2.05) is 24.3 Å². The summed E-state index contributed by atoms with van der Waals surface area (Å²) in [4.78, 5) is 21.0. The number of anilines is 1. The van der Waals surface area contributed by atoms with Gasteiger partial charge in [0.1, 0.15) is 5.75 Å². The quantitative estimate of drug-likeness (QED) is 0.281. The second-order valence-corrected chi connectivity index (χ2v) is 12.4. The van der Waals surface area contributed by atoms with Crippen molar-refractivity contribution in [3.63, 3.8) is 0 Å². The zero-order chi connectivity index (χ0) is 24.1. The summed E-state index contributed by atoms with van der Waals surface area (Å²) >= 11 is 3.05. The summed E-state index contributed by atoms with van der Waals surface area (Å²) in [5.74, 6) is 1.65. The third-order valence-electron chi connectivity index (χ3n) is 5.58. The Morgan fingerprint density at radius 2 is 2.06 bits per heavy atom. The number of nitrogens with zero attached hydrogens (tertiary/aromatic N) is 2. The van der Waals surface area contributed by atoms with E-state index in [1.165, 1.54) is 17.6 Å². The maximum Gasteiger partial charge on any atom is 0.228 e. The van der Waals surface area contributed by atoms with Crippen molar-refractivity contribution in [3.05, 3.63) is 42.5 Å². The van der Waals surface area contributed by atoms with Crippen molar-refractivity contribution in [2.75, 3.05) is 37.2 Å². The molecule has 1 atom stereocenters. The second-order valence-electron chi connectivity index (χ2n) is 8.17. The van der Waals surface area contributed by atoms with Crippen LogP contribution < -0.4 is 9.64 Å². The first-order valence-corrected chi connectivity index (χ1v) is 14.8. The molecule has 2 aromatic carbocycles. The number of rotatable bonds is 10. The van der Waals surface area contributed by atoms with E-state index in [0.717, 1.165) is 40.4 Å². The first kappa shape index (κ1) is 25.0. The predicted octanol–water partition coefficient (Wildman–Crippen LogP) is 4.79. The van der Waals surface area contributed by atoms with Crippen LogP contribution in [0.15, 0.2) is 52.3 Å². The third kappa shape index (κ3) is 6.29. The predicted molar refractivity (Wildman–Crippen MR) is 137 cm³/mol. The number of hydrogen-bond acceptors (Lipinski definition) is 8. The van der Waals surface area contributed by atoms with E-state index in [9.17, 15) is 13.2 Å². The minimum absolute atomic E-state index is 0.00350. The normalized spacial score (nSPS) is 16.1. The number of benzene rings is 2. The van der Waals surface area contributed by atoms with Crippen molar-refractivity contribution in [2.45, 2.75) is 41.6 Å². The molecule has 10 heteroatoms. The molecule has 1 aromatic heterocycles. The molecule has 7 nitrogen and oxygen atoms in total. The van der Waals surface area contributed by atoms with Gasteiger partial charge in [-0.3, -0.25) is 9.69 Å². The minimum Gasteiger partial charge on any atom is -0.497 e. The number of amides is 1. The van der Waals surface area contributed by atoms with Gasteiger partial charge in [0.15, 0.2) is 15.0 Å². The smallest absolute Gasteiger partial charge is 0.228 e. The van der Waals surface area contributed by atoms with Gasteiger partial charge in [-0.05, 0) is 67.5 Å². The molecule has 1 fully saturated rings. The lowest BCUT2D eigenvalue weighted by Gasteiger charge is -2.23. The SMILES string of the molecule is COc1ccc(SCCCC(=O)N(CC2CCCO2)c2nc3ccc(S(C)(=O)=O)cc3s2)cc1. The summed E-state index contributed by atoms with van der Waals surface area (Å²) in [6, 6.07) is 12.8. The molecule has 0 N–H and O–H groups in total. The van der Waals surface area contributed by atoms with E-state index in [-0.39, 0.29) is 16.9 Å². The Morgan fingerprint density at radius 3 is 2.74 bits per heavy atom. The lowest BCUT2D eigenvalue weighted by atomic mass is 10.2. The highest BCUT2D eigenvalue weighted by atomic mass is 32.2. The third-order valence-corrected chi connectivity index (χ3v) is 8.83. The number of hydrogen-bond donors (Lipinski definition) is 0. The van der Waals surface area contributed by atoms with Gasteiger partial charge < -0.3 is 9.47 Å². The van der Waals surface area contributed by atoms with Crippen LogP contribution in [0, 0.1) is 0 Å². The molecule has 3 aromatic rings. The number of thiazole rings is 1. The van der Waals surface area contributed by atoms with Crippen molar-refractivity contribution in [2.24, 2.45) is 0 Å². The van der Waals surface area contributed by atoms with Crippen molar-refractivity contribution < 1.29 is 22.7 Å². The maximum atomic E-state index is 13.2. The van der Waals surface area contributed by atoms with Gasteiger partial charge in [-0.25, -0.2) is 13.4 Å². The molecule has 0 saturated carbocycles. The van der Waals surface area contributed by atoms with Crippen LogP contribution >= 0.6 is 23.1 Å². The lowest BCUT2D eigenvalue weighted by molar-refractivity contribution is -0.119. The first-order chi connectivity index (χ1) is 16.3. The van der Waals surface area contributed by atoms with Crippen LogP contribution in [-0.2, 0) is 19.4 Å². The van der Waals surface area contributed by atoms with E-state index < -0.39 is 9.84 Å². The Kier molecular flexibility index (Phi) is 8.13. The molecule has 0 bridgehead atoms. The van der Waals surface area contributed by atoms with Gasteiger partial charge >= 0.3 is 0 Å². The van der Waals surface area contributed by atoms with Crippen LogP contribution in [0.3, 0.4) is 0 Å². The van der Waals surface area contributed by atoms with Gasteiger partial charge in [0.2, 0.25) is 5.91 Å². The number of ether oxygens (including phenoxy) is 2. The van der Waals surface area contributed by atoms with Gasteiger partial charge in [-0.2, -0.15) is 0 Å². The fourth-order valence-electron chi connectivity index (χ4n) is 3.74. The Bertz CT molecular complexity index is 1240. The molecule has 34 heavy (non-hydrogen) atoms. The van der Waals surface area contributed by atoms with E-state index in [1.54, 1.807) is 42.0 Å². The van der Waals surface area contributed by atoms with Gasteiger partial charge in [-0.15, -0.1) is 11.8 Å². The highest BCUT2D eigenvalue weighted by Crippen LogP contribution is 2.32. The molecule has 0 spiro atoms. The molecule has 1 aliphatic heterocycles. The number of methoxy groups -OCH3 is 1. The monoisotopic (exact) mass is 520 g/mol. The average molecular weight is 521 g/mol. The summed E-state index contributed by atoms with van der Waals surface area (Å²) in [6.45, 7) is 1.17. The Balaban J connectivity index is 1.44. The van der Waals surface area contributed by atoms with Crippen LogP contribution in [0.25, 0.3) is 10.2 Å². The van der Waals surface area contributed by atoms with E-state index >= 15 is 0 Å². The summed E-state index contributed by atoms with van der Waals surface area (Å²) < 4.78 is 35.6. The molecule has 1 unspecified atom stereocenters. The summed E-state index contributed by atoms with van der Waals surface area (Å²) in [6.07, 6.45) is 4.23. The number of fused-ring (bicyclic) bond motifs is 1. The molecule has 2 heterocycles. The van der Waals surface area contributed by atoms with E-state index in [2.05, 4.69) is 4.98 Å². The molecular formula is C24H28N2O5S3. The Morgan fingerprint density at radius 1 is 1.26 bits per heavy atom. The number of sulfone groups is 1. The van der Waals surface area contributed by atoms with Crippen LogP contribution in [0.2, 0.25) is 0 Å². The molecule has 1 amide bonds. The molecule has 1 aliphatic rings. The largest absolute Gasteiger partial charge is 0.497 e. The van der Waals surface area contributed by atoms with Gasteiger partial charge in [-0.1, -0.05) is 11.3 Å². The van der Waals surface area contributed by atoms with Crippen molar-refractivity contribution >= 4 is 54.2 Å².